The minimum atomic E-state index is 1.00. The fourth-order valence-electron chi connectivity index (χ4n) is 2.53. The van der Waals surface area contributed by atoms with Crippen LogP contribution >= 0.6 is 0 Å². The molecule has 90 valence electrons. The quantitative estimate of drug-likeness (QED) is 0.631. The molecule has 0 saturated carbocycles. The molecule has 1 heteroatoms. The van der Waals surface area contributed by atoms with E-state index < -0.39 is 0 Å². The lowest BCUT2D eigenvalue weighted by atomic mass is 10.0. The maximum Gasteiger partial charge on any atom is 0.0483 e. The van der Waals surface area contributed by atoms with Gasteiger partial charge in [0.05, 0.1) is 0 Å². The van der Waals surface area contributed by atoms with Crippen molar-refractivity contribution in [1.29, 1.82) is 0 Å². The van der Waals surface area contributed by atoms with E-state index in [0.29, 0.717) is 0 Å². The SMILES string of the molecule is Cc1ccc2c(Cc3ccccc3)cn(C)c2c1. The predicted octanol–water partition coefficient (Wildman–Crippen LogP) is 4.08. The van der Waals surface area contributed by atoms with E-state index in [0.717, 1.165) is 6.42 Å². The summed E-state index contributed by atoms with van der Waals surface area (Å²) in [6.07, 6.45) is 3.25. The van der Waals surface area contributed by atoms with Crippen molar-refractivity contribution in [3.63, 3.8) is 0 Å². The lowest BCUT2D eigenvalue weighted by Crippen LogP contribution is -1.86. The summed E-state index contributed by atoms with van der Waals surface area (Å²) in [5.41, 5.74) is 5.40. The van der Waals surface area contributed by atoms with E-state index in [1.54, 1.807) is 0 Å². The standard InChI is InChI=1S/C17H17N/c1-13-8-9-16-15(12-18(2)17(16)10-13)11-14-6-4-3-5-7-14/h3-10,12H,11H2,1-2H3. The Bertz CT molecular complexity index is 677. The molecule has 3 aromatic rings. The third-order valence-corrected chi connectivity index (χ3v) is 3.47. The second-order valence-corrected chi connectivity index (χ2v) is 4.95. The van der Waals surface area contributed by atoms with E-state index in [1.807, 2.05) is 0 Å². The molecule has 0 spiro atoms. The molecule has 0 N–H and O–H groups in total. The Hall–Kier alpha value is -2.02. The summed E-state index contributed by atoms with van der Waals surface area (Å²) in [7, 11) is 2.12. The van der Waals surface area contributed by atoms with Crippen LogP contribution in [0, 0.1) is 6.92 Å². The van der Waals surface area contributed by atoms with E-state index in [2.05, 4.69) is 73.3 Å². The van der Waals surface area contributed by atoms with E-state index in [-0.39, 0.29) is 0 Å². The zero-order valence-electron chi connectivity index (χ0n) is 10.9. The van der Waals surface area contributed by atoms with Crippen LogP contribution in [0.2, 0.25) is 0 Å². The average Bonchev–Trinajstić information content (AvgIpc) is 2.67. The van der Waals surface area contributed by atoms with E-state index in [4.69, 9.17) is 0 Å². The minimum Gasteiger partial charge on any atom is -0.350 e. The van der Waals surface area contributed by atoms with Gasteiger partial charge < -0.3 is 4.57 Å². The second kappa shape index (κ2) is 4.34. The van der Waals surface area contributed by atoms with Crippen molar-refractivity contribution in [1.82, 2.24) is 4.57 Å². The van der Waals surface area contributed by atoms with Crippen molar-refractivity contribution in [2.24, 2.45) is 7.05 Å². The number of hydrogen-bond acceptors (Lipinski definition) is 0. The van der Waals surface area contributed by atoms with Gasteiger partial charge in [-0.05, 0) is 36.1 Å². The highest BCUT2D eigenvalue weighted by atomic mass is 14.9. The monoisotopic (exact) mass is 235 g/mol. The second-order valence-electron chi connectivity index (χ2n) is 4.95. The van der Waals surface area contributed by atoms with Gasteiger partial charge in [0.25, 0.3) is 0 Å². The van der Waals surface area contributed by atoms with E-state index in [9.17, 15) is 0 Å². The first-order chi connectivity index (χ1) is 8.74. The van der Waals surface area contributed by atoms with Gasteiger partial charge in [0.1, 0.15) is 0 Å². The zero-order chi connectivity index (χ0) is 12.5. The van der Waals surface area contributed by atoms with Gasteiger partial charge in [-0.1, -0.05) is 42.5 Å². The Morgan fingerprint density at radius 2 is 1.78 bits per heavy atom. The molecule has 3 rings (SSSR count). The number of fused-ring (bicyclic) bond motifs is 1. The fourth-order valence-corrected chi connectivity index (χ4v) is 2.53. The highest BCUT2D eigenvalue weighted by Crippen LogP contribution is 2.24. The number of hydrogen-bond donors (Lipinski definition) is 0. The van der Waals surface area contributed by atoms with Gasteiger partial charge in [-0.2, -0.15) is 0 Å². The lowest BCUT2D eigenvalue weighted by molar-refractivity contribution is 0.957. The van der Waals surface area contributed by atoms with Gasteiger partial charge in [-0.15, -0.1) is 0 Å². The third kappa shape index (κ3) is 1.92. The molecule has 0 amide bonds. The van der Waals surface area contributed by atoms with Crippen LogP contribution in [0.15, 0.2) is 54.7 Å². The Balaban J connectivity index is 2.08. The molecule has 0 aliphatic heterocycles. The number of rotatable bonds is 2. The summed E-state index contributed by atoms with van der Waals surface area (Å²) in [4.78, 5) is 0. The number of nitrogens with zero attached hydrogens (tertiary/aromatic N) is 1. The zero-order valence-corrected chi connectivity index (χ0v) is 10.9. The first-order valence-electron chi connectivity index (χ1n) is 6.32. The van der Waals surface area contributed by atoms with Gasteiger partial charge >= 0.3 is 0 Å². The Morgan fingerprint density at radius 3 is 2.56 bits per heavy atom. The summed E-state index contributed by atoms with van der Waals surface area (Å²) in [6.45, 7) is 2.14. The summed E-state index contributed by atoms with van der Waals surface area (Å²) < 4.78 is 2.22. The summed E-state index contributed by atoms with van der Waals surface area (Å²) in [5.74, 6) is 0. The molecule has 18 heavy (non-hydrogen) atoms. The minimum absolute atomic E-state index is 1.00. The van der Waals surface area contributed by atoms with Gasteiger partial charge in [0.15, 0.2) is 0 Å². The topological polar surface area (TPSA) is 4.93 Å². The molecule has 0 bridgehead atoms. The van der Waals surface area contributed by atoms with Crippen LogP contribution in [-0.2, 0) is 13.5 Å². The van der Waals surface area contributed by atoms with Crippen LogP contribution in [0.5, 0.6) is 0 Å². The molecule has 2 aromatic carbocycles. The molecule has 1 nitrogen and oxygen atoms in total. The number of aryl methyl sites for hydroxylation is 2. The Kier molecular flexibility index (Phi) is 2.67. The van der Waals surface area contributed by atoms with Crippen molar-refractivity contribution in [3.8, 4) is 0 Å². The van der Waals surface area contributed by atoms with Crippen LogP contribution in [0.25, 0.3) is 10.9 Å². The summed E-state index contributed by atoms with van der Waals surface area (Å²) in [6, 6.07) is 17.3. The molecule has 0 radical (unpaired) electrons. The predicted molar refractivity (Wildman–Crippen MR) is 76.9 cm³/mol. The highest BCUT2D eigenvalue weighted by Gasteiger charge is 2.06. The van der Waals surface area contributed by atoms with Crippen molar-refractivity contribution < 1.29 is 0 Å². The summed E-state index contributed by atoms with van der Waals surface area (Å²) in [5, 5.41) is 1.37. The number of aromatic nitrogens is 1. The molecule has 0 saturated heterocycles. The normalized spacial score (nSPS) is 11.0. The smallest absolute Gasteiger partial charge is 0.0483 e. The van der Waals surface area contributed by atoms with Crippen molar-refractivity contribution in [2.75, 3.05) is 0 Å². The molecule has 0 unspecified atom stereocenters. The summed E-state index contributed by atoms with van der Waals surface area (Å²) >= 11 is 0. The van der Waals surface area contributed by atoms with Crippen molar-refractivity contribution in [3.05, 3.63) is 71.4 Å². The van der Waals surface area contributed by atoms with Crippen molar-refractivity contribution in [2.45, 2.75) is 13.3 Å². The first kappa shape index (κ1) is 11.1. The largest absolute Gasteiger partial charge is 0.350 e. The maximum absolute atomic E-state index is 2.25. The van der Waals surface area contributed by atoms with Crippen LogP contribution in [-0.4, -0.2) is 4.57 Å². The molecule has 0 aliphatic rings. The highest BCUT2D eigenvalue weighted by molar-refractivity contribution is 5.84. The third-order valence-electron chi connectivity index (χ3n) is 3.47. The van der Waals surface area contributed by atoms with Crippen LogP contribution in [0.1, 0.15) is 16.7 Å². The Morgan fingerprint density at radius 1 is 1.00 bits per heavy atom. The van der Waals surface area contributed by atoms with Gasteiger partial charge in [0, 0.05) is 24.1 Å². The lowest BCUT2D eigenvalue weighted by Gasteiger charge is -2.00. The molecular weight excluding hydrogens is 218 g/mol. The fraction of sp³-hybridized carbons (Fsp3) is 0.176. The molecule has 0 atom stereocenters. The average molecular weight is 235 g/mol. The van der Waals surface area contributed by atoms with Crippen LogP contribution in [0.3, 0.4) is 0 Å². The van der Waals surface area contributed by atoms with Crippen molar-refractivity contribution >= 4 is 10.9 Å². The van der Waals surface area contributed by atoms with Gasteiger partial charge in [-0.25, -0.2) is 0 Å². The molecular formula is C17H17N. The van der Waals surface area contributed by atoms with E-state index >= 15 is 0 Å². The van der Waals surface area contributed by atoms with Crippen LogP contribution in [0.4, 0.5) is 0 Å². The molecule has 1 aromatic heterocycles. The maximum atomic E-state index is 2.25. The molecule has 0 aliphatic carbocycles. The van der Waals surface area contributed by atoms with Crippen LogP contribution < -0.4 is 0 Å². The van der Waals surface area contributed by atoms with Gasteiger partial charge in [-0.3, -0.25) is 0 Å². The Labute approximate surface area is 108 Å². The van der Waals surface area contributed by atoms with E-state index in [1.165, 1.54) is 27.6 Å². The molecule has 1 heterocycles. The van der Waals surface area contributed by atoms with Gasteiger partial charge in [0.2, 0.25) is 0 Å². The number of benzene rings is 2. The first-order valence-corrected chi connectivity index (χ1v) is 6.32. The molecule has 0 fully saturated rings.